The molecule has 0 aliphatic rings. The quantitative estimate of drug-likeness (QED) is 0.317. The first kappa shape index (κ1) is 21.7. The average Bonchev–Trinajstić information content (AvgIpc) is 3.14. The van der Waals surface area contributed by atoms with E-state index in [1.54, 1.807) is 69.1 Å². The lowest BCUT2D eigenvalue weighted by Crippen LogP contribution is -1.99. The van der Waals surface area contributed by atoms with Crippen molar-refractivity contribution in [2.24, 2.45) is 0 Å². The summed E-state index contributed by atoms with van der Waals surface area (Å²) in [5.41, 5.74) is 0.663. The van der Waals surface area contributed by atoms with E-state index in [1.807, 2.05) is 12.1 Å². The predicted molar refractivity (Wildman–Crippen MR) is 126 cm³/mol. The molecule has 0 amide bonds. The fourth-order valence-corrected chi connectivity index (χ4v) is 4.38. The van der Waals surface area contributed by atoms with Gasteiger partial charge in [-0.2, -0.15) is 0 Å². The number of carboxylic acid groups (broad SMARTS) is 1. The van der Waals surface area contributed by atoms with Gasteiger partial charge in [0.25, 0.3) is 0 Å². The van der Waals surface area contributed by atoms with Crippen LogP contribution in [0.1, 0.15) is 10.4 Å². The number of carbonyl (C=O) groups is 1. The molecule has 2 aromatic carbocycles. The van der Waals surface area contributed by atoms with E-state index >= 15 is 0 Å². The van der Waals surface area contributed by atoms with Crippen molar-refractivity contribution in [2.45, 2.75) is 0 Å². The van der Waals surface area contributed by atoms with Gasteiger partial charge in [-0.1, -0.05) is 11.6 Å². The van der Waals surface area contributed by atoms with Crippen LogP contribution in [0, 0.1) is 0 Å². The number of pyridine rings is 1. The lowest BCUT2D eigenvalue weighted by Gasteiger charge is -2.10. The number of thiophene rings is 1. The van der Waals surface area contributed by atoms with Crippen molar-refractivity contribution in [1.29, 1.82) is 0 Å². The number of carboxylic acids is 1. The Morgan fingerprint density at radius 3 is 2.31 bits per heavy atom. The summed E-state index contributed by atoms with van der Waals surface area (Å²) in [5.74, 6) is 1.14. The molecule has 4 rings (SSSR count). The predicted octanol–water partition coefficient (Wildman–Crippen LogP) is 6.38. The number of benzene rings is 2. The second-order valence-electron chi connectivity index (χ2n) is 6.65. The van der Waals surface area contributed by atoms with Gasteiger partial charge in [0.15, 0.2) is 17.2 Å². The first-order valence-corrected chi connectivity index (χ1v) is 10.7. The van der Waals surface area contributed by atoms with Crippen molar-refractivity contribution < 1.29 is 24.1 Å². The molecule has 0 radical (unpaired) electrons. The number of fused-ring (bicyclic) bond motifs is 1. The zero-order valence-corrected chi connectivity index (χ0v) is 18.7. The SMILES string of the molecule is COc1cc2sc(C=C(C(=O)O)c3ccncc3)c(Oc3ccc(Cl)cc3)c2cc1OC. The Balaban J connectivity index is 1.93. The van der Waals surface area contributed by atoms with E-state index in [9.17, 15) is 9.90 Å². The van der Waals surface area contributed by atoms with Gasteiger partial charge in [0.1, 0.15) is 5.75 Å². The number of halogens is 1. The monoisotopic (exact) mass is 467 g/mol. The normalized spacial score (nSPS) is 11.4. The first-order valence-electron chi connectivity index (χ1n) is 9.47. The third kappa shape index (κ3) is 4.39. The summed E-state index contributed by atoms with van der Waals surface area (Å²) in [6.45, 7) is 0. The summed E-state index contributed by atoms with van der Waals surface area (Å²) in [7, 11) is 3.12. The summed E-state index contributed by atoms with van der Waals surface area (Å²) in [4.78, 5) is 16.7. The van der Waals surface area contributed by atoms with Crippen LogP contribution < -0.4 is 14.2 Å². The summed E-state index contributed by atoms with van der Waals surface area (Å²) in [5, 5.41) is 11.2. The molecule has 2 aromatic heterocycles. The molecule has 0 spiro atoms. The van der Waals surface area contributed by atoms with E-state index in [4.69, 9.17) is 25.8 Å². The fourth-order valence-electron chi connectivity index (χ4n) is 3.17. The van der Waals surface area contributed by atoms with E-state index in [1.165, 1.54) is 11.3 Å². The number of hydrogen-bond acceptors (Lipinski definition) is 6. The molecule has 2 heterocycles. The molecule has 0 saturated carbocycles. The number of methoxy groups -OCH3 is 2. The molecule has 0 saturated heterocycles. The molecule has 6 nitrogen and oxygen atoms in total. The van der Waals surface area contributed by atoms with E-state index in [-0.39, 0.29) is 5.57 Å². The van der Waals surface area contributed by atoms with E-state index < -0.39 is 5.97 Å². The molecule has 0 bridgehead atoms. The molecule has 0 unspecified atom stereocenters. The summed E-state index contributed by atoms with van der Waals surface area (Å²) in [6, 6.07) is 13.9. The van der Waals surface area contributed by atoms with E-state index in [2.05, 4.69) is 4.98 Å². The Bertz CT molecular complexity index is 1300. The molecule has 0 aliphatic carbocycles. The summed E-state index contributed by atoms with van der Waals surface area (Å²) in [6.07, 6.45) is 4.71. The van der Waals surface area contributed by atoms with E-state index in [0.717, 1.165) is 10.1 Å². The maximum absolute atomic E-state index is 12.0. The summed E-state index contributed by atoms with van der Waals surface area (Å²) < 4.78 is 17.9. The van der Waals surface area contributed by atoms with Crippen molar-refractivity contribution in [3.8, 4) is 23.0 Å². The van der Waals surface area contributed by atoms with Crippen LogP contribution >= 0.6 is 22.9 Å². The number of hydrogen-bond donors (Lipinski definition) is 1. The molecule has 1 N–H and O–H groups in total. The number of nitrogens with zero attached hydrogens (tertiary/aromatic N) is 1. The molecular formula is C24H18ClNO5S. The van der Waals surface area contributed by atoms with Gasteiger partial charge in [-0.3, -0.25) is 4.98 Å². The maximum atomic E-state index is 12.0. The Kier molecular flexibility index (Phi) is 6.30. The highest BCUT2D eigenvalue weighted by Gasteiger charge is 2.20. The van der Waals surface area contributed by atoms with Crippen molar-refractivity contribution in [1.82, 2.24) is 4.98 Å². The van der Waals surface area contributed by atoms with Gasteiger partial charge in [-0.05, 0) is 54.1 Å². The topological polar surface area (TPSA) is 77.9 Å². The van der Waals surface area contributed by atoms with Gasteiger partial charge in [0.05, 0.1) is 24.7 Å². The standard InChI is InChI=1S/C24H18ClNO5S/c1-29-19-11-18-21(13-20(19)30-2)32-22(23(18)31-16-5-3-15(25)4-6-16)12-17(24(27)28)14-7-9-26-10-8-14/h3-13H,1-2H3,(H,27,28). The molecule has 8 heteroatoms. The molecular weight excluding hydrogens is 450 g/mol. The molecule has 32 heavy (non-hydrogen) atoms. The number of aromatic nitrogens is 1. The van der Waals surface area contributed by atoms with Crippen LogP contribution in [0.2, 0.25) is 5.02 Å². The highest BCUT2D eigenvalue weighted by Crippen LogP contribution is 2.46. The smallest absolute Gasteiger partial charge is 0.336 e. The van der Waals surface area contributed by atoms with Gasteiger partial charge in [-0.25, -0.2) is 4.79 Å². The van der Waals surface area contributed by atoms with Crippen LogP contribution in [0.4, 0.5) is 0 Å². The second-order valence-corrected chi connectivity index (χ2v) is 8.17. The molecule has 162 valence electrons. The van der Waals surface area contributed by atoms with Crippen molar-refractivity contribution in [2.75, 3.05) is 14.2 Å². The number of rotatable bonds is 7. The Hall–Kier alpha value is -3.55. The van der Waals surface area contributed by atoms with Crippen LogP contribution in [0.3, 0.4) is 0 Å². The van der Waals surface area contributed by atoms with Gasteiger partial charge in [-0.15, -0.1) is 11.3 Å². The zero-order valence-electron chi connectivity index (χ0n) is 17.2. The zero-order chi connectivity index (χ0) is 22.7. The van der Waals surface area contributed by atoms with Crippen LogP contribution in [0.5, 0.6) is 23.0 Å². The van der Waals surface area contributed by atoms with Gasteiger partial charge in [0, 0.05) is 33.6 Å². The molecule has 4 aromatic rings. The molecule has 0 aliphatic heterocycles. The average molecular weight is 468 g/mol. The lowest BCUT2D eigenvalue weighted by molar-refractivity contribution is -0.130. The fraction of sp³-hybridized carbons (Fsp3) is 0.0833. The minimum atomic E-state index is -1.05. The Morgan fingerprint density at radius 1 is 1.03 bits per heavy atom. The van der Waals surface area contributed by atoms with Crippen molar-refractivity contribution >= 4 is 50.6 Å². The largest absolute Gasteiger partial charge is 0.493 e. The van der Waals surface area contributed by atoms with Crippen LogP contribution in [0.15, 0.2) is 60.9 Å². The van der Waals surface area contributed by atoms with Gasteiger partial charge < -0.3 is 19.3 Å². The van der Waals surface area contributed by atoms with Crippen molar-refractivity contribution in [3.63, 3.8) is 0 Å². The first-order chi connectivity index (χ1) is 15.5. The Morgan fingerprint density at radius 2 is 1.69 bits per heavy atom. The lowest BCUT2D eigenvalue weighted by atomic mass is 10.1. The minimum Gasteiger partial charge on any atom is -0.493 e. The third-order valence-electron chi connectivity index (χ3n) is 4.70. The minimum absolute atomic E-state index is 0.124. The second kappa shape index (κ2) is 9.30. The van der Waals surface area contributed by atoms with Gasteiger partial charge in [0.2, 0.25) is 0 Å². The van der Waals surface area contributed by atoms with E-state index in [0.29, 0.717) is 38.5 Å². The third-order valence-corrected chi connectivity index (χ3v) is 6.04. The van der Waals surface area contributed by atoms with Crippen LogP contribution in [0.25, 0.3) is 21.7 Å². The molecule has 0 atom stereocenters. The highest BCUT2D eigenvalue weighted by atomic mass is 35.5. The summed E-state index contributed by atoms with van der Waals surface area (Å²) >= 11 is 7.39. The highest BCUT2D eigenvalue weighted by molar-refractivity contribution is 7.20. The number of ether oxygens (including phenoxy) is 3. The number of aliphatic carboxylic acids is 1. The van der Waals surface area contributed by atoms with Crippen LogP contribution in [-0.2, 0) is 4.79 Å². The maximum Gasteiger partial charge on any atom is 0.336 e. The van der Waals surface area contributed by atoms with Crippen molar-refractivity contribution in [3.05, 3.63) is 76.4 Å². The Labute approximate surface area is 193 Å². The molecule has 0 fully saturated rings. The van der Waals surface area contributed by atoms with Crippen LogP contribution in [-0.4, -0.2) is 30.3 Å². The van der Waals surface area contributed by atoms with Gasteiger partial charge >= 0.3 is 5.97 Å².